The monoisotopic (exact) mass is 328 g/mol. The zero-order valence-corrected chi connectivity index (χ0v) is 13.0. The van der Waals surface area contributed by atoms with Crippen LogP contribution in [-0.4, -0.2) is 11.7 Å². The van der Waals surface area contributed by atoms with Gasteiger partial charge in [-0.25, -0.2) is 9.38 Å². The van der Waals surface area contributed by atoms with E-state index in [0.717, 1.165) is 5.56 Å². The van der Waals surface area contributed by atoms with Crippen molar-refractivity contribution in [3.63, 3.8) is 0 Å². The Balaban J connectivity index is 1.73. The highest BCUT2D eigenvalue weighted by atomic mass is 35.5. The second-order valence-electron chi connectivity index (χ2n) is 5.19. The molecule has 0 atom stereocenters. The van der Waals surface area contributed by atoms with Gasteiger partial charge in [-0.15, -0.1) is 0 Å². The van der Waals surface area contributed by atoms with Crippen molar-refractivity contribution >= 4 is 29.4 Å². The molecule has 0 unspecified atom stereocenters. The molecule has 3 rings (SSSR count). The summed E-state index contributed by atoms with van der Waals surface area (Å²) in [4.78, 5) is 16.2. The lowest BCUT2D eigenvalue weighted by atomic mass is 10.1. The molecule has 0 aromatic heterocycles. The quantitative estimate of drug-likeness (QED) is 0.847. The molecule has 5 heteroatoms. The van der Waals surface area contributed by atoms with Gasteiger partial charge in [0.05, 0.1) is 0 Å². The maximum absolute atomic E-state index is 13.2. The molecule has 0 radical (unpaired) electrons. The Morgan fingerprint density at radius 3 is 2.74 bits per heavy atom. The van der Waals surface area contributed by atoms with Crippen LogP contribution in [0.1, 0.15) is 17.5 Å². The van der Waals surface area contributed by atoms with Crippen LogP contribution in [0.5, 0.6) is 0 Å². The summed E-state index contributed by atoms with van der Waals surface area (Å²) in [6, 6.07) is 13.6. The minimum Gasteiger partial charge on any atom is -0.309 e. The molecule has 1 heterocycles. The summed E-state index contributed by atoms with van der Waals surface area (Å²) in [5.74, 6) is -0.0262. The molecule has 1 amide bonds. The first-order valence-electron chi connectivity index (χ1n) is 7.21. The minimum atomic E-state index is -0.347. The fourth-order valence-corrected chi connectivity index (χ4v) is 2.57. The predicted octanol–water partition coefficient (Wildman–Crippen LogP) is 3.98. The number of aliphatic imine (C=N–C) groups is 1. The predicted molar refractivity (Wildman–Crippen MR) is 89.7 cm³/mol. The van der Waals surface area contributed by atoms with Crippen LogP contribution in [-0.2, 0) is 11.2 Å². The third-order valence-corrected chi connectivity index (χ3v) is 3.86. The summed E-state index contributed by atoms with van der Waals surface area (Å²) >= 11 is 6.12. The lowest BCUT2D eigenvalue weighted by molar-refractivity contribution is -0.115. The SMILES string of the molecule is O=C1NC(CCc2ccccc2Cl)=N/C1=C/c1cccc(F)c1. The molecular weight excluding hydrogens is 315 g/mol. The van der Waals surface area contributed by atoms with Crippen LogP contribution in [0.4, 0.5) is 4.39 Å². The summed E-state index contributed by atoms with van der Waals surface area (Å²) < 4.78 is 13.2. The Morgan fingerprint density at radius 1 is 1.13 bits per heavy atom. The number of hydrogen-bond donors (Lipinski definition) is 1. The van der Waals surface area contributed by atoms with Gasteiger partial charge in [-0.05, 0) is 41.8 Å². The second-order valence-corrected chi connectivity index (χ2v) is 5.60. The molecule has 116 valence electrons. The molecule has 0 fully saturated rings. The lowest BCUT2D eigenvalue weighted by Gasteiger charge is -2.03. The molecule has 2 aromatic carbocycles. The number of amidine groups is 1. The van der Waals surface area contributed by atoms with Gasteiger partial charge in [-0.3, -0.25) is 4.79 Å². The summed E-state index contributed by atoms with van der Waals surface area (Å²) in [5.41, 5.74) is 1.89. The van der Waals surface area contributed by atoms with E-state index in [1.165, 1.54) is 12.1 Å². The molecule has 0 bridgehead atoms. The molecule has 1 aliphatic rings. The third-order valence-electron chi connectivity index (χ3n) is 3.49. The first kappa shape index (κ1) is 15.4. The van der Waals surface area contributed by atoms with Gasteiger partial charge in [0.2, 0.25) is 0 Å². The van der Waals surface area contributed by atoms with E-state index in [1.807, 2.05) is 24.3 Å². The molecule has 0 saturated carbocycles. The number of amides is 1. The van der Waals surface area contributed by atoms with Crippen molar-refractivity contribution in [1.29, 1.82) is 0 Å². The van der Waals surface area contributed by atoms with E-state index in [4.69, 9.17) is 11.6 Å². The molecule has 3 nitrogen and oxygen atoms in total. The van der Waals surface area contributed by atoms with Crippen LogP contribution in [0.15, 0.2) is 59.2 Å². The van der Waals surface area contributed by atoms with Gasteiger partial charge in [0.15, 0.2) is 0 Å². The smallest absolute Gasteiger partial charge is 0.275 e. The minimum absolute atomic E-state index is 0.275. The summed E-state index contributed by atoms with van der Waals surface area (Å²) in [6.07, 6.45) is 2.84. The molecule has 1 N–H and O–H groups in total. The highest BCUT2D eigenvalue weighted by molar-refractivity contribution is 6.31. The maximum atomic E-state index is 13.2. The zero-order chi connectivity index (χ0) is 16.2. The standard InChI is InChI=1S/C18H14ClFN2O/c19-15-7-2-1-5-13(15)8-9-17-21-16(18(23)22-17)11-12-4-3-6-14(20)10-12/h1-7,10-11H,8-9H2,(H,21,22,23)/b16-11+. The largest absolute Gasteiger partial charge is 0.309 e. The number of nitrogens with one attached hydrogen (secondary N) is 1. The molecule has 1 aliphatic heterocycles. The Hall–Kier alpha value is -2.46. The van der Waals surface area contributed by atoms with Gasteiger partial charge in [0.1, 0.15) is 17.3 Å². The lowest BCUT2D eigenvalue weighted by Crippen LogP contribution is -2.24. The summed E-state index contributed by atoms with van der Waals surface area (Å²) in [5, 5.41) is 3.44. The third kappa shape index (κ3) is 3.85. The van der Waals surface area contributed by atoms with Crippen molar-refractivity contribution in [1.82, 2.24) is 5.32 Å². The summed E-state index contributed by atoms with van der Waals surface area (Å²) in [6.45, 7) is 0. The summed E-state index contributed by atoms with van der Waals surface area (Å²) in [7, 11) is 0. The Labute approximate surface area is 138 Å². The molecule has 2 aromatic rings. The van der Waals surface area contributed by atoms with Crippen LogP contribution < -0.4 is 5.32 Å². The van der Waals surface area contributed by atoms with E-state index in [-0.39, 0.29) is 17.4 Å². The molecule has 0 aliphatic carbocycles. The zero-order valence-electron chi connectivity index (χ0n) is 12.2. The first-order valence-corrected chi connectivity index (χ1v) is 7.59. The van der Waals surface area contributed by atoms with Crippen molar-refractivity contribution in [3.8, 4) is 0 Å². The van der Waals surface area contributed by atoms with Crippen molar-refractivity contribution in [3.05, 3.63) is 76.2 Å². The average molecular weight is 329 g/mol. The fourth-order valence-electron chi connectivity index (χ4n) is 2.34. The van der Waals surface area contributed by atoms with Gasteiger partial charge in [0.25, 0.3) is 5.91 Å². The van der Waals surface area contributed by atoms with Crippen molar-refractivity contribution in [2.75, 3.05) is 0 Å². The van der Waals surface area contributed by atoms with Crippen molar-refractivity contribution in [2.24, 2.45) is 4.99 Å². The van der Waals surface area contributed by atoms with Gasteiger partial charge in [-0.1, -0.05) is 41.9 Å². The molecular formula is C18H14ClFN2O. The van der Waals surface area contributed by atoms with Crippen molar-refractivity contribution in [2.45, 2.75) is 12.8 Å². The molecule has 0 saturated heterocycles. The topological polar surface area (TPSA) is 41.5 Å². The van der Waals surface area contributed by atoms with Crippen LogP contribution in [0, 0.1) is 5.82 Å². The number of carbonyl (C=O) groups excluding carboxylic acids is 1. The van der Waals surface area contributed by atoms with Crippen LogP contribution in [0.3, 0.4) is 0 Å². The van der Waals surface area contributed by atoms with Crippen LogP contribution in [0.2, 0.25) is 5.02 Å². The van der Waals surface area contributed by atoms with Gasteiger partial charge >= 0.3 is 0 Å². The number of aryl methyl sites for hydroxylation is 1. The number of benzene rings is 2. The number of carbonyl (C=O) groups is 1. The Morgan fingerprint density at radius 2 is 1.96 bits per heavy atom. The molecule has 23 heavy (non-hydrogen) atoms. The molecule has 0 spiro atoms. The van der Waals surface area contributed by atoms with E-state index >= 15 is 0 Å². The maximum Gasteiger partial charge on any atom is 0.275 e. The second kappa shape index (κ2) is 6.75. The van der Waals surface area contributed by atoms with Gasteiger partial charge in [-0.2, -0.15) is 0 Å². The normalized spacial score (nSPS) is 15.7. The highest BCUT2D eigenvalue weighted by Crippen LogP contribution is 2.18. The van der Waals surface area contributed by atoms with E-state index in [0.29, 0.717) is 29.3 Å². The average Bonchev–Trinajstić information content (AvgIpc) is 2.87. The van der Waals surface area contributed by atoms with E-state index < -0.39 is 0 Å². The van der Waals surface area contributed by atoms with E-state index in [2.05, 4.69) is 10.3 Å². The number of nitrogens with zero attached hydrogens (tertiary/aromatic N) is 1. The number of rotatable bonds is 4. The Kier molecular flexibility index (Phi) is 4.53. The van der Waals surface area contributed by atoms with Gasteiger partial charge < -0.3 is 5.32 Å². The van der Waals surface area contributed by atoms with E-state index in [9.17, 15) is 9.18 Å². The number of hydrogen-bond acceptors (Lipinski definition) is 2. The van der Waals surface area contributed by atoms with Gasteiger partial charge in [0, 0.05) is 11.4 Å². The Bertz CT molecular complexity index is 814. The van der Waals surface area contributed by atoms with Crippen molar-refractivity contribution < 1.29 is 9.18 Å². The fraction of sp³-hybridized carbons (Fsp3) is 0.111. The van der Waals surface area contributed by atoms with Crippen LogP contribution >= 0.6 is 11.6 Å². The number of halogens is 2. The van der Waals surface area contributed by atoms with E-state index in [1.54, 1.807) is 18.2 Å². The van der Waals surface area contributed by atoms with Crippen LogP contribution in [0.25, 0.3) is 6.08 Å². The highest BCUT2D eigenvalue weighted by Gasteiger charge is 2.19. The first-order chi connectivity index (χ1) is 11.1.